The smallest absolute Gasteiger partial charge is 0.274 e. The maximum Gasteiger partial charge on any atom is 0.274 e. The highest BCUT2D eigenvalue weighted by molar-refractivity contribution is 5.97. The zero-order valence-electron chi connectivity index (χ0n) is 19.0. The Labute approximate surface area is 199 Å². The van der Waals surface area contributed by atoms with Crippen molar-refractivity contribution in [3.63, 3.8) is 0 Å². The van der Waals surface area contributed by atoms with E-state index in [-0.39, 0.29) is 29.7 Å². The topological polar surface area (TPSA) is 114 Å². The summed E-state index contributed by atoms with van der Waals surface area (Å²) in [5, 5.41) is 13.3. The maximum atomic E-state index is 13.0. The Morgan fingerprint density at radius 2 is 1.74 bits per heavy atom. The molecular weight excluding hydrogens is 453 g/mol. The summed E-state index contributed by atoms with van der Waals surface area (Å²) in [6.45, 7) is 0.227. The highest BCUT2D eigenvalue weighted by atomic mass is 19.1. The average molecular weight is 475 g/mol. The number of aromatic amines is 1. The molecule has 3 aromatic carbocycles. The number of amides is 1. The number of hydrogen-bond donors (Lipinski definition) is 3. The van der Waals surface area contributed by atoms with Crippen LogP contribution >= 0.6 is 0 Å². The first-order chi connectivity index (χ1) is 16.9. The van der Waals surface area contributed by atoms with Crippen molar-refractivity contribution in [1.29, 1.82) is 0 Å². The summed E-state index contributed by atoms with van der Waals surface area (Å²) < 4.78 is 23.5. The molecule has 8 nitrogen and oxygen atoms in total. The van der Waals surface area contributed by atoms with Crippen LogP contribution in [0.5, 0.6) is 11.5 Å². The molecule has 4 aromatic rings. The van der Waals surface area contributed by atoms with Crippen molar-refractivity contribution in [3.05, 3.63) is 99.2 Å². The monoisotopic (exact) mass is 475 g/mol. The van der Waals surface area contributed by atoms with Crippen molar-refractivity contribution in [2.75, 3.05) is 14.2 Å². The number of aliphatic hydroxyl groups excluding tert-OH is 1. The second-order valence-corrected chi connectivity index (χ2v) is 7.59. The van der Waals surface area contributed by atoms with Crippen LogP contribution in [0.25, 0.3) is 22.9 Å². The first kappa shape index (κ1) is 23.5. The third-order valence-electron chi connectivity index (χ3n) is 5.30. The van der Waals surface area contributed by atoms with E-state index in [0.29, 0.717) is 33.7 Å². The van der Waals surface area contributed by atoms with E-state index < -0.39 is 5.56 Å². The number of carbonyl (C=O) groups is 1. The van der Waals surface area contributed by atoms with Crippen molar-refractivity contribution in [2.45, 2.75) is 6.54 Å². The maximum absolute atomic E-state index is 13.0. The van der Waals surface area contributed by atoms with Gasteiger partial charge >= 0.3 is 0 Å². The number of carbonyl (C=O) groups excluding carboxylic acids is 1. The van der Waals surface area contributed by atoms with Crippen molar-refractivity contribution >= 4 is 28.8 Å². The van der Waals surface area contributed by atoms with Gasteiger partial charge in [0.05, 0.1) is 25.3 Å². The first-order valence-electron chi connectivity index (χ1n) is 10.6. The number of aromatic nitrogens is 2. The lowest BCUT2D eigenvalue weighted by molar-refractivity contribution is 0.0951. The SMILES string of the molecule is COc1ccc(C(O)=Cc2nc3ccc(C(=O)NCc4ccc(F)cc4)cc3[nH]c2=O)cc1OC. The van der Waals surface area contributed by atoms with Gasteiger partial charge in [-0.3, -0.25) is 9.59 Å². The number of methoxy groups -OCH3 is 2. The third-order valence-corrected chi connectivity index (χ3v) is 5.30. The zero-order chi connectivity index (χ0) is 24.9. The van der Waals surface area contributed by atoms with Crippen molar-refractivity contribution in [2.24, 2.45) is 0 Å². The molecular formula is C26H22FN3O5. The molecule has 0 unspecified atom stereocenters. The fourth-order valence-corrected chi connectivity index (χ4v) is 3.43. The number of halogens is 1. The number of rotatable bonds is 7. The first-order valence-corrected chi connectivity index (χ1v) is 10.6. The standard InChI is InChI=1S/C26H22FN3O5/c1-34-23-10-6-16(12-24(23)35-2)22(31)13-21-26(33)30-20-11-17(5-9-19(20)29-21)25(32)28-14-15-3-7-18(27)8-4-15/h3-13,31H,14H2,1-2H3,(H,28,32)(H,30,33). The molecule has 0 radical (unpaired) electrons. The minimum Gasteiger partial charge on any atom is -0.507 e. The Balaban J connectivity index is 1.56. The summed E-state index contributed by atoms with van der Waals surface area (Å²) >= 11 is 0. The molecule has 0 atom stereocenters. The summed E-state index contributed by atoms with van der Waals surface area (Å²) in [4.78, 5) is 32.1. The van der Waals surface area contributed by atoms with E-state index in [0.717, 1.165) is 5.56 Å². The Bertz CT molecular complexity index is 1480. The number of ether oxygens (including phenoxy) is 2. The van der Waals surface area contributed by atoms with E-state index in [9.17, 15) is 19.1 Å². The number of H-pyrrole nitrogens is 1. The summed E-state index contributed by atoms with van der Waals surface area (Å²) in [7, 11) is 2.99. The van der Waals surface area contributed by atoms with Gasteiger partial charge in [-0.05, 0) is 54.1 Å². The van der Waals surface area contributed by atoms with E-state index >= 15 is 0 Å². The molecule has 0 aliphatic rings. The third kappa shape index (κ3) is 5.30. The molecule has 1 aromatic heterocycles. The Hall–Kier alpha value is -4.66. The van der Waals surface area contributed by atoms with Crippen LogP contribution in [0, 0.1) is 5.82 Å². The number of hydrogen-bond acceptors (Lipinski definition) is 6. The van der Waals surface area contributed by atoms with Gasteiger partial charge in [0.1, 0.15) is 17.3 Å². The summed E-state index contributed by atoms with van der Waals surface area (Å²) in [5.41, 5.74) is 1.76. The quantitative estimate of drug-likeness (QED) is 0.348. The second-order valence-electron chi connectivity index (χ2n) is 7.59. The molecule has 0 saturated heterocycles. The van der Waals surface area contributed by atoms with Crippen LogP contribution in [0.4, 0.5) is 4.39 Å². The lowest BCUT2D eigenvalue weighted by Crippen LogP contribution is -2.23. The number of fused-ring (bicyclic) bond motifs is 1. The molecule has 0 saturated carbocycles. The molecule has 1 heterocycles. The highest BCUT2D eigenvalue weighted by Crippen LogP contribution is 2.30. The average Bonchev–Trinajstić information content (AvgIpc) is 2.87. The molecule has 4 rings (SSSR count). The van der Waals surface area contributed by atoms with Crippen LogP contribution < -0.4 is 20.3 Å². The molecule has 178 valence electrons. The predicted molar refractivity (Wildman–Crippen MR) is 130 cm³/mol. The Morgan fingerprint density at radius 1 is 1.03 bits per heavy atom. The molecule has 0 aliphatic heterocycles. The Kier molecular flexibility index (Phi) is 6.77. The van der Waals surface area contributed by atoms with Gasteiger partial charge in [-0.2, -0.15) is 0 Å². The normalized spacial score (nSPS) is 11.3. The summed E-state index contributed by atoms with van der Waals surface area (Å²) in [6, 6.07) is 15.4. The van der Waals surface area contributed by atoms with Crippen LogP contribution in [0.3, 0.4) is 0 Å². The van der Waals surface area contributed by atoms with Gasteiger partial charge < -0.3 is 24.9 Å². The van der Waals surface area contributed by atoms with Crippen LogP contribution in [0.15, 0.2) is 65.5 Å². The fourth-order valence-electron chi connectivity index (χ4n) is 3.43. The summed E-state index contributed by atoms with van der Waals surface area (Å²) in [6.07, 6.45) is 1.25. The summed E-state index contributed by atoms with van der Waals surface area (Å²) in [5.74, 6) is 0.0448. The molecule has 0 bridgehead atoms. The predicted octanol–water partition coefficient (Wildman–Crippen LogP) is 4.07. The van der Waals surface area contributed by atoms with Gasteiger partial charge in [-0.1, -0.05) is 12.1 Å². The van der Waals surface area contributed by atoms with Gasteiger partial charge in [-0.15, -0.1) is 0 Å². The number of nitrogens with one attached hydrogen (secondary N) is 2. The van der Waals surface area contributed by atoms with Crippen molar-refractivity contribution < 1.29 is 23.8 Å². The highest BCUT2D eigenvalue weighted by Gasteiger charge is 2.12. The van der Waals surface area contributed by atoms with E-state index in [4.69, 9.17) is 9.47 Å². The van der Waals surface area contributed by atoms with Crippen LogP contribution in [0.2, 0.25) is 0 Å². The van der Waals surface area contributed by atoms with E-state index in [1.807, 2.05) is 0 Å². The zero-order valence-corrected chi connectivity index (χ0v) is 19.0. The van der Waals surface area contributed by atoms with Crippen LogP contribution in [-0.4, -0.2) is 35.2 Å². The molecule has 0 fully saturated rings. The lowest BCUT2D eigenvalue weighted by Gasteiger charge is -2.09. The second kappa shape index (κ2) is 10.1. The minimum atomic E-state index is -0.534. The molecule has 9 heteroatoms. The largest absolute Gasteiger partial charge is 0.507 e. The minimum absolute atomic E-state index is 0.00158. The fraction of sp³-hybridized carbons (Fsp3) is 0.115. The van der Waals surface area contributed by atoms with Crippen molar-refractivity contribution in [1.82, 2.24) is 15.3 Å². The van der Waals surface area contributed by atoms with E-state index in [2.05, 4.69) is 15.3 Å². The van der Waals surface area contributed by atoms with Gasteiger partial charge in [0, 0.05) is 23.7 Å². The van der Waals surface area contributed by atoms with Crippen LogP contribution in [-0.2, 0) is 6.54 Å². The Morgan fingerprint density at radius 3 is 2.46 bits per heavy atom. The molecule has 0 spiro atoms. The molecule has 0 aliphatic carbocycles. The van der Waals surface area contributed by atoms with Gasteiger partial charge in [0.25, 0.3) is 11.5 Å². The van der Waals surface area contributed by atoms with Gasteiger partial charge in [0.2, 0.25) is 0 Å². The van der Waals surface area contributed by atoms with Gasteiger partial charge in [-0.25, -0.2) is 9.37 Å². The molecule has 3 N–H and O–H groups in total. The number of aliphatic hydroxyl groups is 1. The number of benzene rings is 3. The van der Waals surface area contributed by atoms with E-state index in [1.165, 1.54) is 38.5 Å². The van der Waals surface area contributed by atoms with Crippen LogP contribution in [0.1, 0.15) is 27.2 Å². The molecule has 1 amide bonds. The number of nitrogens with zero attached hydrogens (tertiary/aromatic N) is 1. The lowest BCUT2D eigenvalue weighted by atomic mass is 10.1. The van der Waals surface area contributed by atoms with Gasteiger partial charge in [0.15, 0.2) is 11.5 Å². The van der Waals surface area contributed by atoms with Crippen molar-refractivity contribution in [3.8, 4) is 11.5 Å². The van der Waals surface area contributed by atoms with E-state index in [1.54, 1.807) is 42.5 Å². The molecule has 35 heavy (non-hydrogen) atoms.